The van der Waals surface area contributed by atoms with Crippen LogP contribution in [0, 0.1) is 13.8 Å². The molecule has 0 spiro atoms. The van der Waals surface area contributed by atoms with E-state index in [4.69, 9.17) is 4.42 Å². The summed E-state index contributed by atoms with van der Waals surface area (Å²) in [5, 5.41) is 7.35. The van der Waals surface area contributed by atoms with Crippen LogP contribution < -0.4 is 5.32 Å². The van der Waals surface area contributed by atoms with Gasteiger partial charge < -0.3 is 9.73 Å². The second-order valence-corrected chi connectivity index (χ2v) is 5.17. The van der Waals surface area contributed by atoms with Gasteiger partial charge in [-0.2, -0.15) is 5.10 Å². The fraction of sp³-hybridized carbons (Fsp3) is 0.400. The first kappa shape index (κ1) is 22.1. The first-order valence-corrected chi connectivity index (χ1v) is 9.23. The van der Waals surface area contributed by atoms with E-state index in [0.29, 0.717) is 12.2 Å². The van der Waals surface area contributed by atoms with Crippen molar-refractivity contribution in [1.29, 1.82) is 0 Å². The third-order valence-electron chi connectivity index (χ3n) is 3.66. The third-order valence-corrected chi connectivity index (χ3v) is 3.66. The van der Waals surface area contributed by atoms with Gasteiger partial charge in [0.1, 0.15) is 23.6 Å². The molecule has 0 aliphatic heterocycles. The Morgan fingerprint density at radius 1 is 1.19 bits per heavy atom. The number of aromatic nitrogens is 5. The molecule has 0 radical (unpaired) electrons. The van der Waals surface area contributed by atoms with E-state index < -0.39 is 0 Å². The number of oxazole rings is 1. The van der Waals surface area contributed by atoms with Gasteiger partial charge in [0.15, 0.2) is 12.0 Å². The zero-order valence-electron chi connectivity index (χ0n) is 17.2. The lowest BCUT2D eigenvalue weighted by Crippen LogP contribution is -2.14. The van der Waals surface area contributed by atoms with Gasteiger partial charge in [-0.3, -0.25) is 0 Å². The Labute approximate surface area is 161 Å². The fourth-order valence-corrected chi connectivity index (χ4v) is 2.50. The highest BCUT2D eigenvalue weighted by atomic mass is 16.3. The van der Waals surface area contributed by atoms with Crippen LogP contribution in [0.25, 0.3) is 5.65 Å². The molecule has 7 nitrogen and oxygen atoms in total. The van der Waals surface area contributed by atoms with Crippen LogP contribution in [-0.4, -0.2) is 24.6 Å². The highest BCUT2D eigenvalue weighted by molar-refractivity contribution is 5.48. The van der Waals surface area contributed by atoms with Crippen molar-refractivity contribution in [2.75, 3.05) is 0 Å². The fourth-order valence-electron chi connectivity index (χ4n) is 2.50. The van der Waals surface area contributed by atoms with Gasteiger partial charge in [0, 0.05) is 5.56 Å². The van der Waals surface area contributed by atoms with E-state index in [0.717, 1.165) is 28.4 Å². The molecule has 3 rings (SSSR count). The maximum Gasteiger partial charge on any atom is 0.181 e. The van der Waals surface area contributed by atoms with Crippen molar-refractivity contribution in [1.82, 2.24) is 29.9 Å². The van der Waals surface area contributed by atoms with Gasteiger partial charge in [-0.1, -0.05) is 40.3 Å². The quantitative estimate of drug-likeness (QED) is 0.650. The van der Waals surface area contributed by atoms with Gasteiger partial charge in [-0.05, 0) is 20.0 Å². The Balaban J connectivity index is 0.000000855. The molecule has 1 atom stereocenters. The van der Waals surface area contributed by atoms with E-state index in [1.165, 1.54) is 6.39 Å². The highest BCUT2D eigenvalue weighted by Gasteiger charge is 2.18. The van der Waals surface area contributed by atoms with Gasteiger partial charge in [0.25, 0.3) is 0 Å². The lowest BCUT2D eigenvalue weighted by molar-refractivity contribution is 0.506. The van der Waals surface area contributed by atoms with Crippen molar-refractivity contribution >= 4 is 5.65 Å². The molecule has 1 unspecified atom stereocenters. The molecular weight excluding hydrogens is 340 g/mol. The first-order valence-electron chi connectivity index (χ1n) is 9.23. The van der Waals surface area contributed by atoms with Crippen LogP contribution >= 0.6 is 0 Å². The minimum Gasteiger partial charge on any atom is -0.448 e. The van der Waals surface area contributed by atoms with E-state index in [1.807, 2.05) is 41.5 Å². The predicted octanol–water partition coefficient (Wildman–Crippen LogP) is 4.33. The Morgan fingerprint density at radius 2 is 1.89 bits per heavy atom. The van der Waals surface area contributed by atoms with Gasteiger partial charge in [0.05, 0.1) is 18.2 Å². The molecule has 3 aromatic heterocycles. The smallest absolute Gasteiger partial charge is 0.181 e. The molecule has 7 heteroatoms. The minimum atomic E-state index is -0.152. The van der Waals surface area contributed by atoms with Crippen molar-refractivity contribution < 1.29 is 4.42 Å². The molecule has 0 fully saturated rings. The van der Waals surface area contributed by atoms with Crippen molar-refractivity contribution in [3.63, 3.8) is 0 Å². The molecule has 3 heterocycles. The van der Waals surface area contributed by atoms with Crippen LogP contribution in [0.3, 0.4) is 0 Å². The average molecular weight is 371 g/mol. The normalized spacial score (nSPS) is 10.9. The predicted molar refractivity (Wildman–Crippen MR) is 109 cm³/mol. The summed E-state index contributed by atoms with van der Waals surface area (Å²) in [6.45, 7) is 19.3. The molecule has 146 valence electrons. The molecule has 3 aromatic rings. The number of nitrogens with one attached hydrogen (secondary N) is 1. The number of fused-ring (bicyclic) bond motifs is 1. The molecular formula is C20H30N6O. The standard InChI is InChI=1S/C16H18N6O.2C2H6/c1-5-12(17-6-2)15-14(23-9-19-15)7-13-10(3)16-20-11(4)21-22(16)8-18-13;2*1-2/h5-6,8-9,12,17H,1-2,7H2,3-4H3;2*1-2H3. The Hall–Kier alpha value is -2.96. The summed E-state index contributed by atoms with van der Waals surface area (Å²) >= 11 is 0. The third kappa shape index (κ3) is 5.03. The second kappa shape index (κ2) is 10.9. The monoisotopic (exact) mass is 370 g/mol. The van der Waals surface area contributed by atoms with Crippen molar-refractivity contribution in [3.05, 3.63) is 66.7 Å². The van der Waals surface area contributed by atoms with Crippen LogP contribution in [0.4, 0.5) is 0 Å². The summed E-state index contributed by atoms with van der Waals surface area (Å²) in [6.07, 6.45) is 6.99. The van der Waals surface area contributed by atoms with Crippen molar-refractivity contribution in [2.24, 2.45) is 0 Å². The SMILES string of the molecule is C=CNC(C=C)c1ncoc1Cc1ncn2nc(C)nc2c1C.CC.CC. The molecule has 0 bridgehead atoms. The van der Waals surface area contributed by atoms with E-state index in [2.05, 4.69) is 38.5 Å². The molecule has 0 aliphatic rings. The highest BCUT2D eigenvalue weighted by Crippen LogP contribution is 2.22. The molecule has 0 amide bonds. The zero-order valence-corrected chi connectivity index (χ0v) is 17.2. The number of nitrogens with zero attached hydrogens (tertiary/aromatic N) is 5. The average Bonchev–Trinajstić information content (AvgIpc) is 3.31. The van der Waals surface area contributed by atoms with E-state index >= 15 is 0 Å². The number of aryl methyl sites for hydroxylation is 2. The summed E-state index contributed by atoms with van der Waals surface area (Å²) in [5.74, 6) is 1.45. The molecule has 0 aromatic carbocycles. The Kier molecular flexibility index (Phi) is 8.92. The first-order chi connectivity index (χ1) is 13.1. The number of hydrogen-bond donors (Lipinski definition) is 1. The van der Waals surface area contributed by atoms with Crippen molar-refractivity contribution in [3.8, 4) is 0 Å². The number of rotatable bonds is 6. The van der Waals surface area contributed by atoms with Gasteiger partial charge in [-0.15, -0.1) is 6.58 Å². The minimum absolute atomic E-state index is 0.152. The molecule has 27 heavy (non-hydrogen) atoms. The van der Waals surface area contributed by atoms with E-state index in [1.54, 1.807) is 23.1 Å². The van der Waals surface area contributed by atoms with Crippen molar-refractivity contribution in [2.45, 2.75) is 54.0 Å². The largest absolute Gasteiger partial charge is 0.448 e. The lowest BCUT2D eigenvalue weighted by Gasteiger charge is -2.11. The van der Waals surface area contributed by atoms with Crippen LogP contribution in [-0.2, 0) is 6.42 Å². The molecule has 0 saturated heterocycles. The summed E-state index contributed by atoms with van der Waals surface area (Å²) in [5.41, 5.74) is 3.43. The number of hydrogen-bond acceptors (Lipinski definition) is 6. The van der Waals surface area contributed by atoms with Crippen LogP contribution in [0.5, 0.6) is 0 Å². The van der Waals surface area contributed by atoms with Crippen LogP contribution in [0.1, 0.15) is 62.3 Å². The summed E-state index contributed by atoms with van der Waals surface area (Å²) < 4.78 is 7.24. The summed E-state index contributed by atoms with van der Waals surface area (Å²) in [6, 6.07) is -0.152. The Bertz CT molecular complexity index is 865. The van der Waals surface area contributed by atoms with Crippen LogP contribution in [0.2, 0.25) is 0 Å². The maximum absolute atomic E-state index is 5.55. The van der Waals surface area contributed by atoms with Gasteiger partial charge in [0.2, 0.25) is 0 Å². The Morgan fingerprint density at radius 3 is 2.52 bits per heavy atom. The molecule has 1 N–H and O–H groups in total. The van der Waals surface area contributed by atoms with E-state index in [9.17, 15) is 0 Å². The van der Waals surface area contributed by atoms with E-state index in [-0.39, 0.29) is 6.04 Å². The van der Waals surface area contributed by atoms with Gasteiger partial charge >= 0.3 is 0 Å². The lowest BCUT2D eigenvalue weighted by atomic mass is 10.1. The topological polar surface area (TPSA) is 81.1 Å². The van der Waals surface area contributed by atoms with Crippen LogP contribution in [0.15, 0.2) is 42.6 Å². The summed E-state index contributed by atoms with van der Waals surface area (Å²) in [4.78, 5) is 13.2. The maximum atomic E-state index is 5.55. The zero-order chi connectivity index (χ0) is 20.4. The second-order valence-electron chi connectivity index (χ2n) is 5.17. The molecule has 0 aliphatic carbocycles. The summed E-state index contributed by atoms with van der Waals surface area (Å²) in [7, 11) is 0. The molecule has 0 saturated carbocycles. The van der Waals surface area contributed by atoms with Gasteiger partial charge in [-0.25, -0.2) is 19.5 Å².